The Hall–Kier alpha value is -16.5. The molecule has 12 aromatic carbocycles. The molecule has 0 amide bonds. The van der Waals surface area contributed by atoms with Crippen LogP contribution in [0.5, 0.6) is 51.7 Å². The minimum Gasteiger partial charge on any atom is -0.505 e. The van der Waals surface area contributed by atoms with Crippen LogP contribution in [0.3, 0.4) is 0 Å². The van der Waals surface area contributed by atoms with Crippen LogP contribution in [0.2, 0.25) is 10.0 Å². The second-order valence-corrected chi connectivity index (χ2v) is 38.2. The number of benzene rings is 12. The van der Waals surface area contributed by atoms with Gasteiger partial charge in [-0.2, -0.15) is 0 Å². The average molecular weight is 2030 g/mol. The lowest BCUT2D eigenvalue weighted by Crippen LogP contribution is -2.23. The number of para-hydroxylation sites is 8. The number of ether oxygens (including phenoxy) is 5. The second-order valence-electron chi connectivity index (χ2n) is 33.0. The summed E-state index contributed by atoms with van der Waals surface area (Å²) in [6.07, 6.45) is 1.51. The van der Waals surface area contributed by atoms with Gasteiger partial charge in [-0.05, 0) is 170 Å². The molecule has 0 bridgehead atoms. The van der Waals surface area contributed by atoms with Gasteiger partial charge in [-0.1, -0.05) is 222 Å². The third-order valence-corrected chi connectivity index (χ3v) is 29.1. The Morgan fingerprint density at radius 2 is 0.521 bits per heavy atom. The number of aromatic nitrogens is 4. The quantitative estimate of drug-likeness (QED) is 0.0833. The van der Waals surface area contributed by atoms with E-state index in [1.165, 1.54) is 0 Å². The fourth-order valence-corrected chi connectivity index (χ4v) is 21.9. The molecule has 0 unspecified atom stereocenters. The fourth-order valence-electron chi connectivity index (χ4n) is 18.1. The van der Waals surface area contributed by atoms with Gasteiger partial charge in [0, 0.05) is 123 Å². The molecule has 0 spiro atoms. The van der Waals surface area contributed by atoms with E-state index in [4.69, 9.17) is 64.6 Å². The van der Waals surface area contributed by atoms with Crippen molar-refractivity contribution >= 4 is 114 Å². The number of pyridine rings is 4. The summed E-state index contributed by atoms with van der Waals surface area (Å²) in [5, 5.41) is 46.2. The van der Waals surface area contributed by atoms with Crippen molar-refractivity contribution in [1.29, 1.82) is 0 Å². The summed E-state index contributed by atoms with van der Waals surface area (Å²) in [4.78, 5) is 111. The highest BCUT2D eigenvalue weighted by molar-refractivity contribution is 8.00. The highest BCUT2D eigenvalue weighted by Crippen LogP contribution is 2.50. The van der Waals surface area contributed by atoms with Gasteiger partial charge in [0.05, 0.1) is 56.3 Å². The number of halogens is 2. The lowest BCUT2D eigenvalue weighted by Gasteiger charge is -2.19. The van der Waals surface area contributed by atoms with E-state index in [2.05, 4.69) is 0 Å². The topological polar surface area (TPSA) is 336 Å². The predicted octanol–water partition coefficient (Wildman–Crippen LogP) is 22.9. The summed E-state index contributed by atoms with van der Waals surface area (Å²) in [5.41, 5.74) is 5.60. The molecule has 25 nitrogen and oxygen atoms in total. The molecule has 4 N–H and O–H groups in total. The third-order valence-electron chi connectivity index (χ3n) is 24.4. The molecule has 4 aliphatic rings. The Morgan fingerprint density at radius 3 is 0.812 bits per heavy atom. The zero-order valence-corrected chi connectivity index (χ0v) is 80.4. The van der Waals surface area contributed by atoms with Gasteiger partial charge < -0.3 is 61.8 Å². The number of methoxy groups -OCH3 is 1. The molecule has 0 aliphatic carbocycles. The summed E-state index contributed by atoms with van der Waals surface area (Å²) in [6, 6.07) is 96.5. The van der Waals surface area contributed by atoms with E-state index in [0.29, 0.717) is 196 Å². The molecule has 0 saturated heterocycles. The van der Waals surface area contributed by atoms with Crippen LogP contribution in [0.25, 0.3) is 112 Å². The summed E-state index contributed by atoms with van der Waals surface area (Å²) in [7, 11) is 1.55. The van der Waals surface area contributed by atoms with E-state index in [1.807, 2.05) is 249 Å². The summed E-state index contributed by atoms with van der Waals surface area (Å²) < 4.78 is 58.6. The normalized spacial score (nSPS) is 12.4. The standard InChI is InChI=1S/C29H21NO6S.2C28H18ClNO5S.C28H19NO5S/c1-34-18-10-7-11-19(16-18)37-27-25(31)23-26(36-29(27)33)21-14-15-35-22-13-6-5-12-20(22)24(21)30(28(23)32)17-8-3-2-4-9-17;29-16-7-6-10-18(15-16)36-26-24(31)22-25(35-28(26)33)20-13-14-34-21-12-5-4-11-19(21)23(20)30(27(22)32)17-8-2-1-3-9-17;29-16-10-12-18(13-11-16)36-26-24(31)22-25(35-28(26)33)20-14-15-34-21-9-5-4-8-19(21)23(20)30(27(22)32)17-6-2-1-3-7-17;30-24-22-25(34-28(32)26(24)35-18-11-5-2-6-12-18)20-15-16-33-21-14-8-7-13-19(21)23(20)29(27(22)31)17-9-3-1-4-10-17/h2-13,16,31H,14-15H2,1H3;1-12,15,31H,13-14H2;1-13,31H,14-15H2;1-14,30H,15-16H2. The van der Waals surface area contributed by atoms with Gasteiger partial charge in [0.25, 0.3) is 22.2 Å². The average Bonchev–Trinajstić information content (AvgIpc) is 1.47. The molecule has 0 fully saturated rings. The van der Waals surface area contributed by atoms with Crippen molar-refractivity contribution in [2.45, 2.75) is 64.8 Å². The van der Waals surface area contributed by atoms with Crippen molar-refractivity contribution in [1.82, 2.24) is 18.3 Å². The number of nitrogens with zero attached hydrogens (tertiary/aromatic N) is 4. The van der Waals surface area contributed by atoms with Crippen LogP contribution in [0.1, 0.15) is 22.3 Å². The predicted molar refractivity (Wildman–Crippen MR) is 556 cm³/mol. The first-order chi connectivity index (χ1) is 70.2. The van der Waals surface area contributed by atoms with Crippen LogP contribution in [0.15, 0.2) is 417 Å². The van der Waals surface area contributed by atoms with Gasteiger partial charge in [0.2, 0.25) is 0 Å². The molecule has 0 saturated carbocycles. The molecule has 12 heterocycles. The number of hydrogen-bond acceptors (Lipinski definition) is 25. The lowest BCUT2D eigenvalue weighted by molar-refractivity contribution is 0.326. The largest absolute Gasteiger partial charge is 0.505 e. The Labute approximate surface area is 842 Å². The van der Waals surface area contributed by atoms with Crippen LogP contribution in [-0.2, 0) is 25.7 Å². The maximum atomic E-state index is 14.1. The molecule has 20 aromatic rings. The molecule has 31 heteroatoms. The zero-order chi connectivity index (χ0) is 99.1. The Kier molecular flexibility index (Phi) is 26.2. The van der Waals surface area contributed by atoms with Crippen LogP contribution >= 0.6 is 70.2 Å². The van der Waals surface area contributed by atoms with Gasteiger partial charge >= 0.3 is 22.5 Å². The molecule has 0 radical (unpaired) electrons. The Morgan fingerprint density at radius 1 is 0.271 bits per heavy atom. The summed E-state index contributed by atoms with van der Waals surface area (Å²) >= 11 is 16.2. The van der Waals surface area contributed by atoms with Crippen molar-refractivity contribution in [3.8, 4) is 120 Å². The number of aromatic hydroxyl groups is 4. The molecule has 0 atom stereocenters. The Balaban J connectivity index is 0.000000113. The zero-order valence-electron chi connectivity index (χ0n) is 75.7. The van der Waals surface area contributed by atoms with Crippen molar-refractivity contribution in [2.75, 3.05) is 33.5 Å². The lowest BCUT2D eigenvalue weighted by atomic mass is 10.00. The van der Waals surface area contributed by atoms with Crippen molar-refractivity contribution < 1.29 is 61.8 Å². The van der Waals surface area contributed by atoms with Gasteiger partial charge in [-0.15, -0.1) is 0 Å². The van der Waals surface area contributed by atoms with E-state index in [-0.39, 0.29) is 69.2 Å². The van der Waals surface area contributed by atoms with Crippen molar-refractivity contribution in [3.63, 3.8) is 0 Å². The van der Waals surface area contributed by atoms with E-state index >= 15 is 0 Å². The van der Waals surface area contributed by atoms with Crippen LogP contribution in [-0.4, -0.2) is 72.2 Å². The van der Waals surface area contributed by atoms with Gasteiger partial charge in [0.1, 0.15) is 69.9 Å². The molecule has 4 aliphatic heterocycles. The van der Waals surface area contributed by atoms with Crippen molar-refractivity contribution in [2.24, 2.45) is 0 Å². The van der Waals surface area contributed by atoms with Crippen LogP contribution in [0.4, 0.5) is 0 Å². The minimum atomic E-state index is -0.734. The molecule has 712 valence electrons. The van der Waals surface area contributed by atoms with E-state index in [9.17, 15) is 58.8 Å². The highest BCUT2D eigenvalue weighted by atomic mass is 35.5. The first-order valence-electron chi connectivity index (χ1n) is 45.2. The Bertz CT molecular complexity index is 9060. The summed E-state index contributed by atoms with van der Waals surface area (Å²) in [6.45, 7) is 1.28. The van der Waals surface area contributed by atoms with E-state index < -0.39 is 62.0 Å². The van der Waals surface area contributed by atoms with Gasteiger partial charge in [-0.25, -0.2) is 19.2 Å². The monoisotopic (exact) mass is 2020 g/mol. The molecule has 8 aromatic heterocycles. The smallest absolute Gasteiger partial charge is 0.354 e. The van der Waals surface area contributed by atoms with E-state index in [0.717, 1.165) is 51.9 Å². The van der Waals surface area contributed by atoms with Gasteiger partial charge in [-0.3, -0.25) is 37.4 Å². The van der Waals surface area contributed by atoms with Gasteiger partial charge in [0.15, 0.2) is 45.3 Å². The highest BCUT2D eigenvalue weighted by Gasteiger charge is 2.36. The maximum Gasteiger partial charge on any atom is 0.354 e. The number of hydrogen-bond donors (Lipinski definition) is 4. The SMILES string of the molecule is COc1cccc(Sc2c(O)c3c(=O)n(-c4ccccc4)c4c(c3oc2=O)CCOc2ccccc2-4)c1.O=c1oc2c3c(n(-c4ccccc4)c(=O)c2c(O)c1Sc1ccc(Cl)cc1)-c1ccccc1OCC3.O=c1oc2c3c(n(-c4ccccc4)c(=O)c2c(O)c1Sc1cccc(Cl)c1)-c1ccccc1OCC3.O=c1oc2c3c(n(-c4ccccc4)c(=O)c2c(O)c1Sc1ccccc1)-c1ccccc1OCC3. The molecule has 24 rings (SSSR count). The summed E-state index contributed by atoms with van der Waals surface area (Å²) in [5.74, 6) is 1.51. The first-order valence-corrected chi connectivity index (χ1v) is 49.2. The maximum absolute atomic E-state index is 14.1. The molecule has 144 heavy (non-hydrogen) atoms. The van der Waals surface area contributed by atoms with Crippen LogP contribution in [0, 0.1) is 0 Å². The van der Waals surface area contributed by atoms with E-state index in [1.54, 1.807) is 98.2 Å². The van der Waals surface area contributed by atoms with Crippen LogP contribution < -0.4 is 68.4 Å². The number of rotatable bonds is 13. The number of fused-ring (bicyclic) bond motifs is 20. The fraction of sp³-hybridized carbons (Fsp3) is 0.0796. The second kappa shape index (κ2) is 40.2. The first kappa shape index (κ1) is 93.7. The molecular formula is C113H76Cl2N4O21S4. The van der Waals surface area contributed by atoms with Crippen molar-refractivity contribution in [3.05, 3.63) is 437 Å². The molecular weight excluding hydrogens is 1950 g/mol. The third kappa shape index (κ3) is 17.7. The minimum absolute atomic E-state index is 0.0226.